The zero-order valence-electron chi connectivity index (χ0n) is 3.71. The SMILES string of the molecule is O=C(Cl)OS(=O)(=O)OCl. The molecule has 9 heavy (non-hydrogen) atoms. The summed E-state index contributed by atoms with van der Waals surface area (Å²) in [7, 11) is -4.43. The first-order valence-electron chi connectivity index (χ1n) is 1.42. The van der Waals surface area contributed by atoms with Crippen LogP contribution >= 0.6 is 23.5 Å². The van der Waals surface area contributed by atoms with E-state index in [0.717, 1.165) is 0 Å². The second-order valence-electron chi connectivity index (χ2n) is 0.792. The molecule has 0 aromatic rings. The Hall–Kier alpha value is -0.0400. The van der Waals surface area contributed by atoms with Gasteiger partial charge in [0.25, 0.3) is 0 Å². The molecule has 0 aromatic carbocycles. The van der Waals surface area contributed by atoms with E-state index in [4.69, 9.17) is 0 Å². The van der Waals surface area contributed by atoms with Crippen LogP contribution in [-0.2, 0) is 18.3 Å². The maximum Gasteiger partial charge on any atom is 0.469 e. The van der Waals surface area contributed by atoms with Crippen molar-refractivity contribution in [2.75, 3.05) is 0 Å². The monoisotopic (exact) mass is 194 g/mol. The third-order valence-corrected chi connectivity index (χ3v) is 1.39. The van der Waals surface area contributed by atoms with Crippen molar-refractivity contribution in [1.29, 1.82) is 0 Å². The van der Waals surface area contributed by atoms with Crippen LogP contribution in [0.3, 0.4) is 0 Å². The summed E-state index contributed by atoms with van der Waals surface area (Å²) in [6.07, 6.45) is 0. The van der Waals surface area contributed by atoms with Gasteiger partial charge in [-0.25, -0.2) is 4.79 Å². The summed E-state index contributed by atoms with van der Waals surface area (Å²) in [5.74, 6) is 0. The lowest BCUT2D eigenvalue weighted by Gasteiger charge is -1.92. The van der Waals surface area contributed by atoms with Crippen LogP contribution < -0.4 is 0 Å². The Morgan fingerprint density at radius 3 is 2.00 bits per heavy atom. The first-order chi connectivity index (χ1) is 3.98. The molecule has 0 radical (unpaired) electrons. The Kier molecular flexibility index (Phi) is 3.20. The topological polar surface area (TPSA) is 69.7 Å². The molecule has 8 heteroatoms. The van der Waals surface area contributed by atoms with Crippen molar-refractivity contribution in [1.82, 2.24) is 0 Å². The first-order valence-corrected chi connectivity index (χ1v) is 3.44. The summed E-state index contributed by atoms with van der Waals surface area (Å²) in [6, 6.07) is 0. The standard InChI is InChI=1S/CCl2O5S/c2-1(4)7-9(5,6)8-3. The lowest BCUT2D eigenvalue weighted by atomic mass is 11.6. The van der Waals surface area contributed by atoms with Crippen molar-refractivity contribution in [3.63, 3.8) is 0 Å². The molecule has 0 aliphatic rings. The van der Waals surface area contributed by atoms with Gasteiger partial charge < -0.3 is 4.18 Å². The Morgan fingerprint density at radius 2 is 1.89 bits per heavy atom. The zero-order chi connectivity index (χ0) is 7.49. The molecule has 0 N–H and O–H groups in total. The summed E-state index contributed by atoms with van der Waals surface area (Å²) in [5.41, 5.74) is -1.53. The van der Waals surface area contributed by atoms with Gasteiger partial charge in [-0.3, -0.25) is 0 Å². The molecule has 0 fully saturated rings. The van der Waals surface area contributed by atoms with Crippen LogP contribution in [-0.4, -0.2) is 13.8 Å². The molecule has 0 atom stereocenters. The van der Waals surface area contributed by atoms with Crippen LogP contribution in [0.4, 0.5) is 4.79 Å². The number of carbonyl (C=O) groups excluding carboxylic acids is 1. The van der Waals surface area contributed by atoms with E-state index in [1.54, 1.807) is 0 Å². The highest BCUT2D eigenvalue weighted by molar-refractivity contribution is 7.83. The summed E-state index contributed by atoms with van der Waals surface area (Å²) < 4.78 is 26.4. The van der Waals surface area contributed by atoms with Crippen molar-refractivity contribution in [3.05, 3.63) is 0 Å². The van der Waals surface area contributed by atoms with E-state index < -0.39 is 15.8 Å². The highest BCUT2D eigenvalue weighted by Crippen LogP contribution is 2.01. The summed E-state index contributed by atoms with van der Waals surface area (Å²) in [4.78, 5) is 9.64. The molecule has 0 unspecified atom stereocenters. The molecule has 0 saturated heterocycles. The molecule has 5 nitrogen and oxygen atoms in total. The highest BCUT2D eigenvalue weighted by Gasteiger charge is 2.14. The van der Waals surface area contributed by atoms with E-state index in [9.17, 15) is 13.2 Å². The molecule has 0 saturated carbocycles. The van der Waals surface area contributed by atoms with E-state index in [1.807, 2.05) is 0 Å². The minimum absolute atomic E-state index is 1.53. The fourth-order valence-electron chi connectivity index (χ4n) is 0.0931. The average molecular weight is 195 g/mol. The second-order valence-corrected chi connectivity index (χ2v) is 2.59. The van der Waals surface area contributed by atoms with Gasteiger partial charge in [-0.15, -0.1) is 3.74 Å². The molecule has 0 rings (SSSR count). The third-order valence-electron chi connectivity index (χ3n) is 0.245. The van der Waals surface area contributed by atoms with Gasteiger partial charge in [0.1, 0.15) is 0 Å². The molecular weight excluding hydrogens is 195 g/mol. The number of rotatable bonds is 2. The summed E-state index contributed by atoms with van der Waals surface area (Å²) >= 11 is 8.78. The van der Waals surface area contributed by atoms with Crippen LogP contribution in [0.25, 0.3) is 0 Å². The predicted molar refractivity (Wildman–Crippen MR) is 28.2 cm³/mol. The molecule has 0 aliphatic heterocycles. The molecule has 0 spiro atoms. The van der Waals surface area contributed by atoms with Gasteiger partial charge in [0.2, 0.25) is 0 Å². The maximum absolute atomic E-state index is 9.93. The van der Waals surface area contributed by atoms with Crippen LogP contribution in [0.2, 0.25) is 0 Å². The van der Waals surface area contributed by atoms with E-state index in [-0.39, 0.29) is 0 Å². The predicted octanol–water partition coefficient (Wildman–Crippen LogP) is 0.777. The lowest BCUT2D eigenvalue weighted by Crippen LogP contribution is -2.05. The van der Waals surface area contributed by atoms with Crippen LogP contribution in [0, 0.1) is 0 Å². The quantitative estimate of drug-likeness (QED) is 0.608. The van der Waals surface area contributed by atoms with E-state index in [1.165, 1.54) is 0 Å². The molecule has 0 bridgehead atoms. The fraction of sp³-hybridized carbons (Fsp3) is 0. The Morgan fingerprint density at radius 1 is 1.44 bits per heavy atom. The second kappa shape index (κ2) is 3.21. The molecule has 0 aromatic heterocycles. The Bertz CT molecular complexity index is 193. The van der Waals surface area contributed by atoms with Crippen LogP contribution in [0.5, 0.6) is 0 Å². The molecule has 0 aliphatic carbocycles. The Balaban J connectivity index is 4.06. The summed E-state index contributed by atoms with van der Waals surface area (Å²) in [5, 5.41) is 0. The first kappa shape index (κ1) is 8.96. The van der Waals surface area contributed by atoms with E-state index >= 15 is 0 Å². The van der Waals surface area contributed by atoms with Gasteiger partial charge in [-0.1, -0.05) is 0 Å². The minimum atomic E-state index is -4.43. The largest absolute Gasteiger partial charge is 0.469 e. The normalized spacial score (nSPS) is 10.9. The molecular formula is CCl2O5S. The zero-order valence-corrected chi connectivity index (χ0v) is 6.03. The lowest BCUT2D eigenvalue weighted by molar-refractivity contribution is 0.222. The average Bonchev–Trinajstić information content (AvgIpc) is 1.63. The summed E-state index contributed by atoms with van der Waals surface area (Å²) in [6.45, 7) is 0. The Labute approximate surface area is 61.0 Å². The van der Waals surface area contributed by atoms with Gasteiger partial charge in [0.15, 0.2) is 0 Å². The van der Waals surface area contributed by atoms with Crippen LogP contribution in [0.15, 0.2) is 0 Å². The molecule has 0 heterocycles. The number of hydrogen-bond acceptors (Lipinski definition) is 5. The number of carbonyl (C=O) groups is 1. The fourth-order valence-corrected chi connectivity index (χ4v) is 0.588. The number of halogens is 2. The van der Waals surface area contributed by atoms with Gasteiger partial charge in [0.05, 0.1) is 11.9 Å². The maximum atomic E-state index is 9.93. The minimum Gasteiger partial charge on any atom is -0.310 e. The van der Waals surface area contributed by atoms with Crippen LogP contribution in [0.1, 0.15) is 0 Å². The van der Waals surface area contributed by atoms with Crippen molar-refractivity contribution in [2.24, 2.45) is 0 Å². The molecule has 54 valence electrons. The van der Waals surface area contributed by atoms with E-state index in [0.29, 0.717) is 0 Å². The third kappa shape index (κ3) is 4.46. The van der Waals surface area contributed by atoms with Gasteiger partial charge in [-0.2, -0.15) is 8.42 Å². The molecule has 0 amide bonds. The van der Waals surface area contributed by atoms with Crippen molar-refractivity contribution >= 4 is 39.3 Å². The highest BCUT2D eigenvalue weighted by atomic mass is 35.5. The smallest absolute Gasteiger partial charge is 0.310 e. The van der Waals surface area contributed by atoms with Crippen molar-refractivity contribution in [3.8, 4) is 0 Å². The number of hydrogen-bond donors (Lipinski definition) is 0. The van der Waals surface area contributed by atoms with E-state index in [2.05, 4.69) is 31.4 Å². The van der Waals surface area contributed by atoms with Crippen molar-refractivity contribution < 1.29 is 21.1 Å². The van der Waals surface area contributed by atoms with Crippen molar-refractivity contribution in [2.45, 2.75) is 0 Å². The van der Waals surface area contributed by atoms with Gasteiger partial charge in [0, 0.05) is 11.6 Å². The van der Waals surface area contributed by atoms with Gasteiger partial charge in [-0.05, 0) is 0 Å². The van der Waals surface area contributed by atoms with Gasteiger partial charge >= 0.3 is 15.8 Å².